The molecule has 2 N–H and O–H groups in total. The molecule has 0 aromatic heterocycles. The van der Waals surface area contributed by atoms with Gasteiger partial charge in [-0.05, 0) is 47.9 Å². The van der Waals surface area contributed by atoms with E-state index in [9.17, 15) is 5.11 Å². The van der Waals surface area contributed by atoms with E-state index in [1.165, 1.54) is 11.1 Å². The maximum absolute atomic E-state index is 9.29. The standard InChI is InChI=1S/C24H34N2O2/c1-16(2)15-21-11-12-22(28-6)24(25-13-14-27)23(21)26-18(5)20-9-7-19(8-10-20)17(3)4/h7-12,16-17,25,27H,13-15H2,1-6H3. The van der Waals surface area contributed by atoms with Crippen LogP contribution in [0.25, 0.3) is 0 Å². The molecule has 0 saturated heterocycles. The van der Waals surface area contributed by atoms with Gasteiger partial charge < -0.3 is 15.2 Å². The average molecular weight is 383 g/mol. The van der Waals surface area contributed by atoms with E-state index in [0.717, 1.165) is 34.8 Å². The largest absolute Gasteiger partial charge is 0.495 e. The van der Waals surface area contributed by atoms with Crippen LogP contribution in [-0.2, 0) is 6.42 Å². The number of hydrogen-bond acceptors (Lipinski definition) is 4. The van der Waals surface area contributed by atoms with Gasteiger partial charge in [-0.2, -0.15) is 0 Å². The minimum atomic E-state index is 0.0519. The lowest BCUT2D eigenvalue weighted by molar-refractivity contribution is 0.311. The fourth-order valence-electron chi connectivity index (χ4n) is 3.21. The van der Waals surface area contributed by atoms with Gasteiger partial charge in [-0.1, -0.05) is 58.0 Å². The summed E-state index contributed by atoms with van der Waals surface area (Å²) in [6.07, 6.45) is 0.927. The molecule has 0 bridgehead atoms. The first kappa shape index (κ1) is 22.0. The van der Waals surface area contributed by atoms with Crippen LogP contribution < -0.4 is 10.1 Å². The molecule has 0 saturated carbocycles. The van der Waals surface area contributed by atoms with Crippen molar-refractivity contribution in [3.63, 3.8) is 0 Å². The number of hydrogen-bond donors (Lipinski definition) is 2. The SMILES string of the molecule is COc1ccc(CC(C)C)c(N=C(C)c2ccc(C(C)C)cc2)c1NCCO. The van der Waals surface area contributed by atoms with Crippen LogP contribution in [0.4, 0.5) is 11.4 Å². The Morgan fingerprint density at radius 1 is 1.07 bits per heavy atom. The zero-order chi connectivity index (χ0) is 20.7. The Bertz CT molecular complexity index is 793. The number of methoxy groups -OCH3 is 1. The molecule has 4 nitrogen and oxygen atoms in total. The third-order valence-corrected chi connectivity index (χ3v) is 4.76. The van der Waals surface area contributed by atoms with E-state index in [2.05, 4.69) is 63.3 Å². The van der Waals surface area contributed by atoms with E-state index < -0.39 is 0 Å². The highest BCUT2D eigenvalue weighted by Crippen LogP contribution is 2.39. The number of rotatable bonds is 9. The first-order chi connectivity index (χ1) is 13.4. The molecule has 0 spiro atoms. The van der Waals surface area contributed by atoms with Gasteiger partial charge >= 0.3 is 0 Å². The Morgan fingerprint density at radius 2 is 1.75 bits per heavy atom. The summed E-state index contributed by atoms with van der Waals surface area (Å²) in [6, 6.07) is 12.7. The summed E-state index contributed by atoms with van der Waals surface area (Å²) in [4.78, 5) is 5.01. The van der Waals surface area contributed by atoms with Crippen molar-refractivity contribution in [1.82, 2.24) is 0 Å². The van der Waals surface area contributed by atoms with Crippen LogP contribution in [-0.4, -0.2) is 31.1 Å². The Kier molecular flexibility index (Phi) is 8.06. The maximum atomic E-state index is 9.29. The van der Waals surface area contributed by atoms with Crippen LogP contribution in [0.15, 0.2) is 41.4 Å². The second-order valence-corrected chi connectivity index (χ2v) is 7.87. The highest BCUT2D eigenvalue weighted by atomic mass is 16.5. The van der Waals surface area contributed by atoms with Crippen molar-refractivity contribution < 1.29 is 9.84 Å². The fourth-order valence-corrected chi connectivity index (χ4v) is 3.21. The normalized spacial score (nSPS) is 12.0. The van der Waals surface area contributed by atoms with Gasteiger partial charge in [0.1, 0.15) is 11.4 Å². The summed E-state index contributed by atoms with van der Waals surface area (Å²) >= 11 is 0. The number of aliphatic hydroxyl groups is 1. The van der Waals surface area contributed by atoms with Crippen LogP contribution in [0, 0.1) is 5.92 Å². The lowest BCUT2D eigenvalue weighted by Gasteiger charge is -2.18. The van der Waals surface area contributed by atoms with Gasteiger partial charge in [0.2, 0.25) is 0 Å². The quantitative estimate of drug-likeness (QED) is 0.558. The third kappa shape index (κ3) is 5.59. The molecule has 4 heteroatoms. The molecule has 0 aliphatic rings. The van der Waals surface area contributed by atoms with E-state index in [1.54, 1.807) is 7.11 Å². The number of nitrogens with one attached hydrogen (secondary N) is 1. The summed E-state index contributed by atoms with van der Waals surface area (Å²) < 4.78 is 5.56. The fraction of sp³-hybridized carbons (Fsp3) is 0.458. The highest BCUT2D eigenvalue weighted by molar-refractivity contribution is 6.01. The molecular weight excluding hydrogens is 348 g/mol. The molecule has 0 atom stereocenters. The Morgan fingerprint density at radius 3 is 2.29 bits per heavy atom. The lowest BCUT2D eigenvalue weighted by Crippen LogP contribution is -2.09. The van der Waals surface area contributed by atoms with E-state index >= 15 is 0 Å². The van der Waals surface area contributed by atoms with Crippen molar-refractivity contribution in [3.8, 4) is 5.75 Å². The molecule has 2 aromatic rings. The topological polar surface area (TPSA) is 53.8 Å². The van der Waals surface area contributed by atoms with Gasteiger partial charge in [0.05, 0.1) is 19.4 Å². The molecule has 0 radical (unpaired) electrons. The molecular formula is C24H34N2O2. The molecule has 28 heavy (non-hydrogen) atoms. The third-order valence-electron chi connectivity index (χ3n) is 4.76. The molecule has 0 aliphatic carbocycles. The van der Waals surface area contributed by atoms with Gasteiger partial charge in [0.15, 0.2) is 0 Å². The average Bonchev–Trinajstić information content (AvgIpc) is 2.67. The van der Waals surface area contributed by atoms with Crippen molar-refractivity contribution in [2.45, 2.75) is 47.0 Å². The number of anilines is 1. The van der Waals surface area contributed by atoms with E-state index in [0.29, 0.717) is 18.4 Å². The second-order valence-electron chi connectivity index (χ2n) is 7.87. The molecule has 0 heterocycles. The molecule has 0 fully saturated rings. The molecule has 152 valence electrons. The highest BCUT2D eigenvalue weighted by Gasteiger charge is 2.15. The summed E-state index contributed by atoms with van der Waals surface area (Å²) in [5, 5.41) is 12.6. The van der Waals surface area contributed by atoms with Gasteiger partial charge in [-0.25, -0.2) is 0 Å². The molecule has 0 amide bonds. The lowest BCUT2D eigenvalue weighted by atomic mass is 9.99. The Hall–Kier alpha value is -2.33. The number of nitrogens with zero attached hydrogens (tertiary/aromatic N) is 1. The van der Waals surface area contributed by atoms with E-state index in [1.807, 2.05) is 13.0 Å². The van der Waals surface area contributed by atoms with Crippen molar-refractivity contribution in [1.29, 1.82) is 0 Å². The number of benzene rings is 2. The monoisotopic (exact) mass is 382 g/mol. The van der Waals surface area contributed by atoms with E-state index in [4.69, 9.17) is 9.73 Å². The molecule has 0 unspecified atom stereocenters. The first-order valence-corrected chi connectivity index (χ1v) is 10.1. The number of ether oxygens (including phenoxy) is 1. The van der Waals surface area contributed by atoms with Gasteiger partial charge in [0, 0.05) is 12.3 Å². The van der Waals surface area contributed by atoms with Crippen molar-refractivity contribution >= 4 is 17.1 Å². The summed E-state index contributed by atoms with van der Waals surface area (Å²) in [7, 11) is 1.66. The van der Waals surface area contributed by atoms with Crippen LogP contribution >= 0.6 is 0 Å². The van der Waals surface area contributed by atoms with Crippen molar-refractivity contribution in [2.24, 2.45) is 10.9 Å². The van der Waals surface area contributed by atoms with Crippen LogP contribution in [0.1, 0.15) is 57.2 Å². The first-order valence-electron chi connectivity index (χ1n) is 10.1. The molecule has 0 aliphatic heterocycles. The Labute approximate surface area is 169 Å². The second kappa shape index (κ2) is 10.3. The van der Waals surface area contributed by atoms with Crippen LogP contribution in [0.2, 0.25) is 0 Å². The van der Waals surface area contributed by atoms with Crippen LogP contribution in [0.5, 0.6) is 5.75 Å². The van der Waals surface area contributed by atoms with E-state index in [-0.39, 0.29) is 6.61 Å². The van der Waals surface area contributed by atoms with Gasteiger partial charge in [0.25, 0.3) is 0 Å². The zero-order valence-electron chi connectivity index (χ0n) is 18.0. The summed E-state index contributed by atoms with van der Waals surface area (Å²) in [5.74, 6) is 1.76. The minimum absolute atomic E-state index is 0.0519. The predicted octanol–water partition coefficient (Wildman–Crippen LogP) is 5.56. The van der Waals surface area contributed by atoms with Crippen molar-refractivity contribution in [3.05, 3.63) is 53.1 Å². The zero-order valence-corrected chi connectivity index (χ0v) is 18.0. The number of aliphatic hydroxyl groups excluding tert-OH is 1. The minimum Gasteiger partial charge on any atom is -0.495 e. The number of aliphatic imine (C=N–C) groups is 1. The molecule has 2 aromatic carbocycles. The molecule has 2 rings (SSSR count). The van der Waals surface area contributed by atoms with Gasteiger partial charge in [-0.3, -0.25) is 4.99 Å². The maximum Gasteiger partial charge on any atom is 0.144 e. The predicted molar refractivity (Wildman–Crippen MR) is 120 cm³/mol. The summed E-state index contributed by atoms with van der Waals surface area (Å²) in [6.45, 7) is 11.3. The van der Waals surface area contributed by atoms with Crippen molar-refractivity contribution in [2.75, 3.05) is 25.6 Å². The van der Waals surface area contributed by atoms with Crippen LogP contribution in [0.3, 0.4) is 0 Å². The summed E-state index contributed by atoms with van der Waals surface area (Å²) in [5.41, 5.74) is 6.30. The smallest absolute Gasteiger partial charge is 0.144 e. The Balaban J connectivity index is 2.53. The van der Waals surface area contributed by atoms with Gasteiger partial charge in [-0.15, -0.1) is 0 Å².